The molecule has 3 N–H and O–H groups in total. The second-order valence-electron chi connectivity index (χ2n) is 15.4. The van der Waals surface area contributed by atoms with Crippen molar-refractivity contribution in [1.29, 1.82) is 0 Å². The number of esters is 2. The molecule has 10 heteroatoms. The van der Waals surface area contributed by atoms with Crippen LogP contribution in [0.3, 0.4) is 0 Å². The molecule has 0 saturated carbocycles. The Hall–Kier alpha value is -2.55. The molecular formula is C49H86NO8P. The van der Waals surface area contributed by atoms with Crippen LogP contribution in [0.5, 0.6) is 0 Å². The fourth-order valence-electron chi connectivity index (χ4n) is 6.21. The van der Waals surface area contributed by atoms with Crippen LogP contribution in [0.4, 0.5) is 0 Å². The van der Waals surface area contributed by atoms with E-state index in [0.717, 1.165) is 25.7 Å². The van der Waals surface area contributed by atoms with Crippen LogP contribution >= 0.6 is 7.82 Å². The SMILES string of the molecule is CCCCCCCC/C=C\CCCCCCC/C=C/C=C/C(=O)OCC(COP(=O)(O)OCCN)OC(=O)/C=C/C=C/CCCCCCC/C=C\CCCCCCCC. The highest BCUT2D eigenvalue weighted by Crippen LogP contribution is 2.43. The van der Waals surface area contributed by atoms with Crippen LogP contribution in [0.1, 0.15) is 194 Å². The molecule has 0 rings (SSSR count). The molecule has 0 aliphatic rings. The number of hydrogen-bond donors (Lipinski definition) is 2. The number of phosphoric ester groups is 1. The molecule has 0 aliphatic carbocycles. The summed E-state index contributed by atoms with van der Waals surface area (Å²) in [5.74, 6) is -1.34. The van der Waals surface area contributed by atoms with Crippen molar-refractivity contribution in [2.24, 2.45) is 5.73 Å². The van der Waals surface area contributed by atoms with E-state index in [1.165, 1.54) is 166 Å². The van der Waals surface area contributed by atoms with Crippen molar-refractivity contribution in [1.82, 2.24) is 0 Å². The highest BCUT2D eigenvalue weighted by atomic mass is 31.2. The average Bonchev–Trinajstić information content (AvgIpc) is 3.22. The first-order valence-electron chi connectivity index (χ1n) is 23.5. The Labute approximate surface area is 361 Å². The van der Waals surface area contributed by atoms with Gasteiger partial charge in [0.15, 0.2) is 6.10 Å². The molecular weight excluding hydrogens is 762 g/mol. The van der Waals surface area contributed by atoms with Crippen molar-refractivity contribution in [3.8, 4) is 0 Å². The lowest BCUT2D eigenvalue weighted by Crippen LogP contribution is -2.28. The topological polar surface area (TPSA) is 134 Å². The van der Waals surface area contributed by atoms with Gasteiger partial charge >= 0.3 is 19.8 Å². The molecule has 59 heavy (non-hydrogen) atoms. The van der Waals surface area contributed by atoms with Gasteiger partial charge in [0, 0.05) is 18.7 Å². The maximum atomic E-state index is 12.5. The van der Waals surface area contributed by atoms with Gasteiger partial charge in [-0.2, -0.15) is 0 Å². The molecule has 0 saturated heterocycles. The number of rotatable bonds is 43. The zero-order valence-corrected chi connectivity index (χ0v) is 38.4. The molecule has 0 aromatic heterocycles. The zero-order valence-electron chi connectivity index (χ0n) is 37.5. The van der Waals surface area contributed by atoms with Gasteiger partial charge in [-0.25, -0.2) is 14.2 Å². The largest absolute Gasteiger partial charge is 0.472 e. The summed E-state index contributed by atoms with van der Waals surface area (Å²) in [4.78, 5) is 34.7. The van der Waals surface area contributed by atoms with Crippen molar-refractivity contribution < 1.29 is 37.6 Å². The number of allylic oxidation sites excluding steroid dienone is 10. The summed E-state index contributed by atoms with van der Waals surface area (Å²) in [7, 11) is -4.43. The molecule has 0 radical (unpaired) electrons. The van der Waals surface area contributed by atoms with Gasteiger partial charge in [-0.05, 0) is 77.0 Å². The van der Waals surface area contributed by atoms with Gasteiger partial charge in [0.2, 0.25) is 0 Å². The minimum atomic E-state index is -4.43. The van der Waals surface area contributed by atoms with Crippen LogP contribution in [0.25, 0.3) is 0 Å². The fourth-order valence-corrected chi connectivity index (χ4v) is 6.97. The van der Waals surface area contributed by atoms with Crippen LogP contribution in [0.15, 0.2) is 72.9 Å². The summed E-state index contributed by atoms with van der Waals surface area (Å²) >= 11 is 0. The van der Waals surface area contributed by atoms with E-state index in [-0.39, 0.29) is 19.8 Å². The summed E-state index contributed by atoms with van der Waals surface area (Å²) in [5.41, 5.74) is 5.34. The second-order valence-corrected chi connectivity index (χ2v) is 16.8. The van der Waals surface area contributed by atoms with E-state index < -0.39 is 32.5 Å². The second kappa shape index (κ2) is 45.0. The van der Waals surface area contributed by atoms with E-state index >= 15 is 0 Å². The Morgan fingerprint density at radius 1 is 0.508 bits per heavy atom. The van der Waals surface area contributed by atoms with Crippen LogP contribution in [-0.4, -0.2) is 49.3 Å². The molecule has 0 amide bonds. The van der Waals surface area contributed by atoms with Crippen molar-refractivity contribution in [3.63, 3.8) is 0 Å². The van der Waals surface area contributed by atoms with Crippen LogP contribution in [0, 0.1) is 0 Å². The number of carbonyl (C=O) groups excluding carboxylic acids is 2. The quantitative estimate of drug-likeness (QED) is 0.0154. The maximum Gasteiger partial charge on any atom is 0.472 e. The van der Waals surface area contributed by atoms with Gasteiger partial charge in [0.1, 0.15) is 6.61 Å². The molecule has 0 spiro atoms. The molecule has 9 nitrogen and oxygen atoms in total. The zero-order chi connectivity index (χ0) is 43.2. The summed E-state index contributed by atoms with van der Waals surface area (Å²) in [6.07, 6.45) is 56.3. The smallest absolute Gasteiger partial charge is 0.458 e. The molecule has 0 aromatic rings. The Morgan fingerprint density at radius 2 is 0.881 bits per heavy atom. The van der Waals surface area contributed by atoms with Crippen molar-refractivity contribution in [2.45, 2.75) is 200 Å². The Balaban J connectivity index is 4.32. The van der Waals surface area contributed by atoms with Crippen molar-refractivity contribution >= 4 is 19.8 Å². The Kier molecular flexibility index (Phi) is 43.0. The minimum absolute atomic E-state index is 0.0256. The molecule has 0 heterocycles. The van der Waals surface area contributed by atoms with E-state index in [2.05, 4.69) is 38.2 Å². The van der Waals surface area contributed by atoms with Crippen LogP contribution in [-0.2, 0) is 32.7 Å². The van der Waals surface area contributed by atoms with Gasteiger partial charge in [-0.3, -0.25) is 9.05 Å². The third-order valence-corrected chi connectivity index (χ3v) is 10.7. The maximum absolute atomic E-state index is 12.5. The summed E-state index contributed by atoms with van der Waals surface area (Å²) in [6, 6.07) is 0. The Bertz CT molecular complexity index is 1190. The predicted octanol–water partition coefficient (Wildman–Crippen LogP) is 13.8. The number of hydrogen-bond acceptors (Lipinski definition) is 8. The first-order chi connectivity index (χ1) is 28.8. The molecule has 0 fully saturated rings. The summed E-state index contributed by atoms with van der Waals surface area (Å²) < 4.78 is 32.4. The van der Waals surface area contributed by atoms with E-state index in [0.29, 0.717) is 0 Å². The number of nitrogens with two attached hydrogens (primary N) is 1. The normalized spacial score (nSPS) is 13.9. The van der Waals surface area contributed by atoms with Gasteiger partial charge in [0.05, 0.1) is 13.2 Å². The third kappa shape index (κ3) is 44.8. The lowest BCUT2D eigenvalue weighted by atomic mass is 10.1. The number of unbranched alkanes of at least 4 members (excludes halogenated alkanes) is 24. The van der Waals surface area contributed by atoms with Gasteiger partial charge < -0.3 is 20.1 Å². The number of carbonyl (C=O) groups is 2. The van der Waals surface area contributed by atoms with E-state index in [4.69, 9.17) is 24.3 Å². The van der Waals surface area contributed by atoms with E-state index in [1.807, 2.05) is 18.2 Å². The summed E-state index contributed by atoms with van der Waals surface area (Å²) in [5, 5.41) is 0. The first kappa shape index (κ1) is 56.5. The minimum Gasteiger partial charge on any atom is -0.458 e. The lowest BCUT2D eigenvalue weighted by molar-refractivity contribution is -0.154. The van der Waals surface area contributed by atoms with E-state index in [1.54, 1.807) is 18.2 Å². The van der Waals surface area contributed by atoms with E-state index in [9.17, 15) is 19.0 Å². The highest BCUT2D eigenvalue weighted by Gasteiger charge is 2.25. The summed E-state index contributed by atoms with van der Waals surface area (Å²) in [6.45, 7) is 3.46. The number of ether oxygens (including phenoxy) is 2. The third-order valence-electron chi connectivity index (χ3n) is 9.71. The lowest BCUT2D eigenvalue weighted by Gasteiger charge is -2.18. The average molecular weight is 848 g/mol. The van der Waals surface area contributed by atoms with Crippen LogP contribution in [0.2, 0.25) is 0 Å². The van der Waals surface area contributed by atoms with Gasteiger partial charge in [0.25, 0.3) is 0 Å². The molecule has 2 atom stereocenters. The predicted molar refractivity (Wildman–Crippen MR) is 247 cm³/mol. The molecule has 2 unspecified atom stereocenters. The highest BCUT2D eigenvalue weighted by molar-refractivity contribution is 7.47. The molecule has 0 aromatic carbocycles. The number of phosphoric acid groups is 1. The standard InChI is InChI=1S/C49H86NO8P/c1-3-5-7-9-11-13-15-17-19-21-23-25-27-29-31-33-35-37-39-41-48(51)55-45-47(46-57-59(53,54)56-44-43-50)58-49(52)42-40-38-36-34-32-30-28-26-24-22-20-18-16-14-12-10-8-6-4-2/h17-20,35-42,47H,3-16,21-34,43-46,50H2,1-2H3,(H,53,54)/b19-17-,20-18-,37-35+,38-36+,41-39+,42-40+. The van der Waals surface area contributed by atoms with Gasteiger partial charge in [-0.1, -0.05) is 177 Å². The van der Waals surface area contributed by atoms with Crippen molar-refractivity contribution in [2.75, 3.05) is 26.4 Å². The van der Waals surface area contributed by atoms with Crippen LogP contribution < -0.4 is 5.73 Å². The Morgan fingerprint density at radius 3 is 1.29 bits per heavy atom. The molecule has 340 valence electrons. The molecule has 0 bridgehead atoms. The van der Waals surface area contributed by atoms with Crippen molar-refractivity contribution in [3.05, 3.63) is 72.9 Å². The molecule has 0 aliphatic heterocycles. The first-order valence-corrected chi connectivity index (χ1v) is 25.0. The fraction of sp³-hybridized carbons (Fsp3) is 0.714. The van der Waals surface area contributed by atoms with Gasteiger partial charge in [-0.15, -0.1) is 0 Å². The monoisotopic (exact) mass is 848 g/mol.